The summed E-state index contributed by atoms with van der Waals surface area (Å²) in [5.74, 6) is 1.40. The van der Waals surface area contributed by atoms with Crippen molar-refractivity contribution in [3.05, 3.63) is 65.9 Å². The van der Waals surface area contributed by atoms with Crippen LogP contribution in [0.4, 0.5) is 0 Å². The summed E-state index contributed by atoms with van der Waals surface area (Å²) in [6.45, 7) is 1.64. The number of hydrogen-bond acceptors (Lipinski definition) is 2. The molecule has 0 spiro atoms. The van der Waals surface area contributed by atoms with Crippen LogP contribution in [0, 0.1) is 5.92 Å². The smallest absolute Gasteiger partial charge is 0.270 e. The number of methoxy groups -OCH3 is 1. The maximum atomic E-state index is 12.9. The molecule has 0 radical (unpaired) electrons. The molecule has 1 aliphatic rings. The fourth-order valence-corrected chi connectivity index (χ4v) is 3.72. The molecule has 0 saturated carbocycles. The quantitative estimate of drug-likeness (QED) is 0.787. The summed E-state index contributed by atoms with van der Waals surface area (Å²) in [7, 11) is 1.65. The van der Waals surface area contributed by atoms with E-state index >= 15 is 0 Å². The van der Waals surface area contributed by atoms with E-state index in [0.717, 1.165) is 42.6 Å². The monoisotopic (exact) mass is 334 g/mol. The fraction of sp³-hybridized carbons (Fsp3) is 0.286. The van der Waals surface area contributed by atoms with Crippen LogP contribution in [0.15, 0.2) is 54.6 Å². The Morgan fingerprint density at radius 2 is 2.04 bits per heavy atom. The molecule has 1 amide bonds. The van der Waals surface area contributed by atoms with Gasteiger partial charge in [0.15, 0.2) is 0 Å². The van der Waals surface area contributed by atoms with Crippen LogP contribution in [0.1, 0.15) is 22.5 Å². The number of benzene rings is 2. The van der Waals surface area contributed by atoms with E-state index in [4.69, 9.17) is 4.74 Å². The average Bonchev–Trinajstić information content (AvgIpc) is 3.28. The Hall–Kier alpha value is -2.75. The first kappa shape index (κ1) is 15.8. The van der Waals surface area contributed by atoms with Crippen molar-refractivity contribution in [1.82, 2.24) is 9.88 Å². The van der Waals surface area contributed by atoms with Crippen LogP contribution in [-0.2, 0) is 6.42 Å². The van der Waals surface area contributed by atoms with Crippen LogP contribution in [0.25, 0.3) is 10.9 Å². The maximum absolute atomic E-state index is 12.9. The van der Waals surface area contributed by atoms with Crippen molar-refractivity contribution in [2.75, 3.05) is 20.2 Å². The lowest BCUT2D eigenvalue weighted by Crippen LogP contribution is -2.29. The summed E-state index contributed by atoms with van der Waals surface area (Å²) in [5, 5.41) is 0.952. The Balaban J connectivity index is 1.48. The SMILES string of the molecule is COc1cccc2[nH]c(C(=O)N3CC[C@@H](Cc4ccccc4)C3)cc12. The molecule has 2 heterocycles. The molecule has 2 aromatic carbocycles. The number of carbonyl (C=O) groups excluding carboxylic acids is 1. The van der Waals surface area contributed by atoms with Gasteiger partial charge in [-0.15, -0.1) is 0 Å². The van der Waals surface area contributed by atoms with E-state index in [1.807, 2.05) is 35.2 Å². The largest absolute Gasteiger partial charge is 0.496 e. The number of rotatable bonds is 4. The topological polar surface area (TPSA) is 45.3 Å². The minimum Gasteiger partial charge on any atom is -0.496 e. The lowest BCUT2D eigenvalue weighted by Gasteiger charge is -2.15. The van der Waals surface area contributed by atoms with Crippen LogP contribution in [0.3, 0.4) is 0 Å². The van der Waals surface area contributed by atoms with Crippen molar-refractivity contribution < 1.29 is 9.53 Å². The highest BCUT2D eigenvalue weighted by Crippen LogP contribution is 2.28. The molecule has 1 aromatic heterocycles. The summed E-state index contributed by atoms with van der Waals surface area (Å²) >= 11 is 0. The first-order valence-corrected chi connectivity index (χ1v) is 8.73. The Labute approximate surface area is 147 Å². The van der Waals surface area contributed by atoms with Crippen molar-refractivity contribution in [2.24, 2.45) is 5.92 Å². The first-order valence-electron chi connectivity index (χ1n) is 8.73. The third-order valence-corrected chi connectivity index (χ3v) is 5.01. The van der Waals surface area contributed by atoms with Crippen LogP contribution >= 0.6 is 0 Å². The number of carbonyl (C=O) groups is 1. The van der Waals surface area contributed by atoms with Crippen LogP contribution in [0.5, 0.6) is 5.75 Å². The molecule has 128 valence electrons. The molecule has 0 unspecified atom stereocenters. The van der Waals surface area contributed by atoms with Crippen LogP contribution in [-0.4, -0.2) is 36.0 Å². The fourth-order valence-electron chi connectivity index (χ4n) is 3.72. The average molecular weight is 334 g/mol. The molecule has 1 fully saturated rings. The normalized spacial score (nSPS) is 17.2. The molecule has 4 heteroatoms. The Kier molecular flexibility index (Phi) is 4.18. The highest BCUT2D eigenvalue weighted by molar-refractivity contribution is 5.99. The zero-order valence-electron chi connectivity index (χ0n) is 14.4. The lowest BCUT2D eigenvalue weighted by atomic mass is 9.99. The Bertz CT molecular complexity index is 885. The predicted octanol–water partition coefficient (Wildman–Crippen LogP) is 3.88. The molecule has 4 rings (SSSR count). The zero-order valence-corrected chi connectivity index (χ0v) is 14.4. The van der Waals surface area contributed by atoms with Gasteiger partial charge in [0.05, 0.1) is 7.11 Å². The zero-order chi connectivity index (χ0) is 17.2. The van der Waals surface area contributed by atoms with Crippen molar-refractivity contribution in [3.63, 3.8) is 0 Å². The minimum absolute atomic E-state index is 0.0776. The number of fused-ring (bicyclic) bond motifs is 1. The highest BCUT2D eigenvalue weighted by atomic mass is 16.5. The molecule has 0 bridgehead atoms. The van der Waals surface area contributed by atoms with Gasteiger partial charge >= 0.3 is 0 Å². The predicted molar refractivity (Wildman–Crippen MR) is 99.0 cm³/mol. The molecular formula is C21H22N2O2. The van der Waals surface area contributed by atoms with Crippen LogP contribution in [0.2, 0.25) is 0 Å². The van der Waals surface area contributed by atoms with Gasteiger partial charge < -0.3 is 14.6 Å². The lowest BCUT2D eigenvalue weighted by molar-refractivity contribution is 0.0782. The van der Waals surface area contributed by atoms with Gasteiger partial charge in [0, 0.05) is 24.0 Å². The molecule has 1 saturated heterocycles. The maximum Gasteiger partial charge on any atom is 0.270 e. The summed E-state index contributed by atoms with van der Waals surface area (Å²) < 4.78 is 5.38. The number of aromatic amines is 1. The molecule has 1 aliphatic heterocycles. The first-order chi connectivity index (χ1) is 12.2. The van der Waals surface area contributed by atoms with Gasteiger partial charge in [0.25, 0.3) is 5.91 Å². The number of likely N-dealkylation sites (tertiary alicyclic amines) is 1. The number of H-pyrrole nitrogens is 1. The van der Waals surface area contributed by atoms with Gasteiger partial charge in [0.2, 0.25) is 0 Å². The molecular weight excluding hydrogens is 312 g/mol. The van der Waals surface area contributed by atoms with Crippen LogP contribution < -0.4 is 4.74 Å². The summed E-state index contributed by atoms with van der Waals surface area (Å²) in [4.78, 5) is 18.1. The van der Waals surface area contributed by atoms with Crippen molar-refractivity contribution >= 4 is 16.8 Å². The van der Waals surface area contributed by atoms with E-state index in [0.29, 0.717) is 11.6 Å². The Morgan fingerprint density at radius 3 is 2.84 bits per heavy atom. The molecule has 0 aliphatic carbocycles. The summed E-state index contributed by atoms with van der Waals surface area (Å²) in [5.41, 5.74) is 2.92. The molecule has 25 heavy (non-hydrogen) atoms. The molecule has 4 nitrogen and oxygen atoms in total. The van der Waals surface area contributed by atoms with E-state index in [-0.39, 0.29) is 5.91 Å². The Morgan fingerprint density at radius 1 is 1.20 bits per heavy atom. The number of ether oxygens (including phenoxy) is 1. The summed E-state index contributed by atoms with van der Waals surface area (Å²) in [6, 6.07) is 18.2. The molecule has 1 N–H and O–H groups in total. The van der Waals surface area contributed by atoms with E-state index in [2.05, 4.69) is 29.2 Å². The number of aromatic nitrogens is 1. The van der Waals surface area contributed by atoms with Crippen molar-refractivity contribution in [3.8, 4) is 5.75 Å². The number of hydrogen-bond donors (Lipinski definition) is 1. The summed E-state index contributed by atoms with van der Waals surface area (Å²) in [6.07, 6.45) is 2.09. The van der Waals surface area contributed by atoms with Gasteiger partial charge in [-0.2, -0.15) is 0 Å². The number of nitrogens with one attached hydrogen (secondary N) is 1. The van der Waals surface area contributed by atoms with Gasteiger partial charge in [0.1, 0.15) is 11.4 Å². The standard InChI is InChI=1S/C21H22N2O2/c1-25-20-9-5-8-18-17(20)13-19(22-18)21(24)23-11-10-16(14-23)12-15-6-3-2-4-7-15/h2-9,13,16,22H,10-12,14H2,1H3/t16-/m0/s1. The van der Waals surface area contributed by atoms with Gasteiger partial charge in [-0.25, -0.2) is 0 Å². The van der Waals surface area contributed by atoms with E-state index in [9.17, 15) is 4.79 Å². The van der Waals surface area contributed by atoms with Crippen molar-refractivity contribution in [1.29, 1.82) is 0 Å². The van der Waals surface area contributed by atoms with Gasteiger partial charge in [-0.1, -0.05) is 36.4 Å². The number of nitrogens with zero attached hydrogens (tertiary/aromatic N) is 1. The third-order valence-electron chi connectivity index (χ3n) is 5.01. The molecule has 1 atom stereocenters. The second kappa shape index (κ2) is 6.63. The second-order valence-corrected chi connectivity index (χ2v) is 6.70. The van der Waals surface area contributed by atoms with Gasteiger partial charge in [-0.05, 0) is 42.5 Å². The second-order valence-electron chi connectivity index (χ2n) is 6.70. The third kappa shape index (κ3) is 3.12. The van der Waals surface area contributed by atoms with E-state index in [1.165, 1.54) is 5.56 Å². The van der Waals surface area contributed by atoms with Gasteiger partial charge in [-0.3, -0.25) is 4.79 Å². The van der Waals surface area contributed by atoms with E-state index < -0.39 is 0 Å². The number of amides is 1. The molecule has 3 aromatic rings. The van der Waals surface area contributed by atoms with E-state index in [1.54, 1.807) is 7.11 Å². The minimum atomic E-state index is 0.0776. The highest BCUT2D eigenvalue weighted by Gasteiger charge is 2.28. The van der Waals surface area contributed by atoms with Crippen molar-refractivity contribution in [2.45, 2.75) is 12.8 Å².